The first-order chi connectivity index (χ1) is 18.3. The van der Waals surface area contributed by atoms with Gasteiger partial charge in [0.1, 0.15) is 28.8 Å². The highest BCUT2D eigenvalue weighted by atomic mass is 35.5. The number of nitro benzene ring substituents is 1. The molecular weight excluding hydrogens is 518 g/mol. The molecule has 38 heavy (non-hydrogen) atoms. The average molecular weight is 535 g/mol. The van der Waals surface area contributed by atoms with Gasteiger partial charge < -0.3 is 14.2 Å². The molecule has 0 radical (unpaired) electrons. The lowest BCUT2D eigenvalue weighted by atomic mass is 10.0. The number of aromatic nitrogens is 4. The summed E-state index contributed by atoms with van der Waals surface area (Å²) in [6, 6.07) is 12.9. The first kappa shape index (κ1) is 23.7. The number of non-ortho nitro benzene ring substituents is 1. The van der Waals surface area contributed by atoms with Crippen LogP contribution in [-0.2, 0) is 6.54 Å². The van der Waals surface area contributed by atoms with Crippen LogP contribution < -0.4 is 9.64 Å². The van der Waals surface area contributed by atoms with Crippen LogP contribution in [0.25, 0.3) is 22.2 Å². The summed E-state index contributed by atoms with van der Waals surface area (Å²) in [6.07, 6.45) is 1.31. The van der Waals surface area contributed by atoms with Crippen LogP contribution in [0.5, 0.6) is 11.6 Å². The van der Waals surface area contributed by atoms with Crippen LogP contribution in [0, 0.1) is 28.7 Å². The lowest BCUT2D eigenvalue weighted by Crippen LogP contribution is -2.16. The Labute approximate surface area is 219 Å². The normalized spacial score (nSPS) is 12.7. The summed E-state index contributed by atoms with van der Waals surface area (Å²) < 4.78 is 37.8. The summed E-state index contributed by atoms with van der Waals surface area (Å²) >= 11 is 6.49. The van der Waals surface area contributed by atoms with Crippen molar-refractivity contribution >= 4 is 39.8 Å². The zero-order chi connectivity index (χ0) is 26.6. The standard InChI is InChI=1S/C26H17ClF2N6O3/c1-14-3-2-4-21(32-14)38-20-8-5-15(11-18(20)29)22-23-24(27)30-13-31-25(23)34-10-9-33(26(22)34)19-12-16(35(36)37)6-7-17(19)28/h2-8,11-13H,9-10H2,1H3. The third-order valence-electron chi connectivity index (χ3n) is 6.30. The highest BCUT2D eigenvalue weighted by molar-refractivity contribution is 6.35. The van der Waals surface area contributed by atoms with Gasteiger partial charge in [-0.05, 0) is 36.8 Å². The highest BCUT2D eigenvalue weighted by Gasteiger charge is 2.33. The smallest absolute Gasteiger partial charge is 0.271 e. The van der Waals surface area contributed by atoms with Gasteiger partial charge >= 0.3 is 0 Å². The van der Waals surface area contributed by atoms with Gasteiger partial charge in [-0.2, -0.15) is 0 Å². The van der Waals surface area contributed by atoms with Crippen molar-refractivity contribution in [1.82, 2.24) is 19.5 Å². The van der Waals surface area contributed by atoms with Crippen molar-refractivity contribution in [3.63, 3.8) is 0 Å². The van der Waals surface area contributed by atoms with E-state index in [1.165, 1.54) is 24.5 Å². The summed E-state index contributed by atoms with van der Waals surface area (Å²) in [5.41, 5.74) is 1.84. The van der Waals surface area contributed by atoms with Gasteiger partial charge in [0.2, 0.25) is 5.88 Å². The number of benzene rings is 2. The van der Waals surface area contributed by atoms with E-state index < -0.39 is 16.6 Å². The fourth-order valence-electron chi connectivity index (χ4n) is 4.68. The topological polar surface area (TPSA) is 99.2 Å². The molecule has 12 heteroatoms. The Morgan fingerprint density at radius 3 is 2.66 bits per heavy atom. The minimum atomic E-state index is -0.655. The molecule has 9 nitrogen and oxygen atoms in total. The first-order valence-corrected chi connectivity index (χ1v) is 11.8. The summed E-state index contributed by atoms with van der Waals surface area (Å²) in [7, 11) is 0. The molecule has 0 N–H and O–H groups in total. The number of nitrogens with zero attached hydrogens (tertiary/aromatic N) is 6. The lowest BCUT2D eigenvalue weighted by molar-refractivity contribution is -0.384. The van der Waals surface area contributed by atoms with Gasteiger partial charge in [0.25, 0.3) is 5.69 Å². The van der Waals surface area contributed by atoms with Crippen LogP contribution >= 0.6 is 11.6 Å². The minimum Gasteiger partial charge on any atom is -0.436 e. The largest absolute Gasteiger partial charge is 0.436 e. The van der Waals surface area contributed by atoms with E-state index >= 15 is 4.39 Å². The maximum Gasteiger partial charge on any atom is 0.271 e. The molecule has 0 unspecified atom stereocenters. The number of anilines is 2. The molecule has 0 atom stereocenters. The number of hydrogen-bond acceptors (Lipinski definition) is 7. The van der Waals surface area contributed by atoms with E-state index in [4.69, 9.17) is 16.3 Å². The number of halogens is 3. The Morgan fingerprint density at radius 1 is 1.05 bits per heavy atom. The van der Waals surface area contributed by atoms with E-state index in [0.29, 0.717) is 41.1 Å². The van der Waals surface area contributed by atoms with Crippen molar-refractivity contribution in [2.45, 2.75) is 13.5 Å². The summed E-state index contributed by atoms with van der Waals surface area (Å²) in [5.74, 6) is -0.613. The Bertz CT molecular complexity index is 1760. The second kappa shape index (κ2) is 9.03. The highest BCUT2D eigenvalue weighted by Crippen LogP contribution is 2.48. The van der Waals surface area contributed by atoms with Gasteiger partial charge in [0.15, 0.2) is 11.6 Å². The Balaban J connectivity index is 1.52. The Kier molecular flexibility index (Phi) is 5.64. The van der Waals surface area contributed by atoms with E-state index in [-0.39, 0.29) is 28.2 Å². The molecule has 1 aliphatic heterocycles. The van der Waals surface area contributed by atoms with Gasteiger partial charge in [-0.15, -0.1) is 0 Å². The third-order valence-corrected chi connectivity index (χ3v) is 6.58. The van der Waals surface area contributed by atoms with Crippen molar-refractivity contribution in [2.75, 3.05) is 11.4 Å². The fourth-order valence-corrected chi connectivity index (χ4v) is 4.90. The quantitative estimate of drug-likeness (QED) is 0.142. The summed E-state index contributed by atoms with van der Waals surface area (Å²) in [5, 5.41) is 12.0. The van der Waals surface area contributed by atoms with E-state index in [1.807, 2.05) is 4.57 Å². The molecule has 5 aromatic rings. The van der Waals surface area contributed by atoms with E-state index in [1.54, 1.807) is 36.1 Å². The SMILES string of the molecule is Cc1cccc(Oc2ccc(-c3c4n(c5ncnc(Cl)c35)CCN4c3cc([N+](=O)[O-])ccc3F)cc2F)n1. The zero-order valence-corrected chi connectivity index (χ0v) is 20.5. The van der Waals surface area contributed by atoms with Crippen LogP contribution in [0.2, 0.25) is 5.15 Å². The van der Waals surface area contributed by atoms with Crippen LogP contribution in [0.4, 0.5) is 26.0 Å². The molecule has 0 fully saturated rings. The molecular formula is C26H17ClF2N6O3. The second-order valence-electron chi connectivity index (χ2n) is 8.62. The maximum atomic E-state index is 15.3. The van der Waals surface area contributed by atoms with Crippen molar-refractivity contribution in [3.8, 4) is 22.8 Å². The first-order valence-electron chi connectivity index (χ1n) is 11.5. The van der Waals surface area contributed by atoms with Crippen molar-refractivity contribution < 1.29 is 18.4 Å². The number of pyridine rings is 1. The summed E-state index contributed by atoms with van der Waals surface area (Å²) in [6.45, 7) is 2.50. The van der Waals surface area contributed by atoms with E-state index in [9.17, 15) is 14.5 Å². The van der Waals surface area contributed by atoms with Crippen molar-refractivity contribution in [1.29, 1.82) is 0 Å². The van der Waals surface area contributed by atoms with Crippen molar-refractivity contribution in [2.24, 2.45) is 0 Å². The maximum absolute atomic E-state index is 15.3. The molecule has 0 spiro atoms. The third kappa shape index (κ3) is 3.88. The monoisotopic (exact) mass is 534 g/mol. The Hall–Kier alpha value is -4.64. The van der Waals surface area contributed by atoms with Crippen molar-refractivity contribution in [3.05, 3.63) is 93.5 Å². The van der Waals surface area contributed by atoms with Gasteiger partial charge in [0.05, 0.1) is 16.0 Å². The lowest BCUT2D eigenvalue weighted by Gasteiger charge is -2.20. The van der Waals surface area contributed by atoms with Crippen LogP contribution in [0.15, 0.2) is 60.9 Å². The number of hydrogen-bond donors (Lipinski definition) is 0. The van der Waals surface area contributed by atoms with E-state index in [2.05, 4.69) is 15.0 Å². The number of aryl methyl sites for hydroxylation is 1. The molecule has 0 saturated heterocycles. The van der Waals surface area contributed by atoms with Crippen LogP contribution in [0.1, 0.15) is 5.69 Å². The predicted molar refractivity (Wildman–Crippen MR) is 137 cm³/mol. The molecule has 0 saturated carbocycles. The molecule has 0 aliphatic carbocycles. The van der Waals surface area contributed by atoms with Gasteiger partial charge in [-0.3, -0.25) is 10.1 Å². The number of rotatable bonds is 5. The molecule has 0 bridgehead atoms. The summed E-state index contributed by atoms with van der Waals surface area (Å²) in [4.78, 5) is 25.1. The number of ether oxygens (including phenoxy) is 1. The van der Waals surface area contributed by atoms with Gasteiger partial charge in [0, 0.05) is 42.5 Å². The second-order valence-corrected chi connectivity index (χ2v) is 8.98. The molecule has 0 amide bonds. The number of fused-ring (bicyclic) bond motifs is 3. The minimum absolute atomic E-state index is 0.0111. The molecule has 1 aliphatic rings. The van der Waals surface area contributed by atoms with Crippen LogP contribution in [-0.4, -0.2) is 31.0 Å². The molecule has 3 aromatic heterocycles. The molecule has 190 valence electrons. The predicted octanol–water partition coefficient (Wildman–Crippen LogP) is 6.59. The van der Waals surface area contributed by atoms with Crippen LogP contribution in [0.3, 0.4) is 0 Å². The molecule has 2 aromatic carbocycles. The average Bonchev–Trinajstić information content (AvgIpc) is 3.45. The van der Waals surface area contributed by atoms with Gasteiger partial charge in [-0.1, -0.05) is 23.7 Å². The Morgan fingerprint density at radius 2 is 1.89 bits per heavy atom. The van der Waals surface area contributed by atoms with Gasteiger partial charge in [-0.25, -0.2) is 23.7 Å². The number of nitro groups is 1. The molecule has 4 heterocycles. The zero-order valence-electron chi connectivity index (χ0n) is 19.7. The van der Waals surface area contributed by atoms with E-state index in [0.717, 1.165) is 17.8 Å². The fraction of sp³-hybridized carbons (Fsp3) is 0.115. The molecule has 6 rings (SSSR count).